The molecule has 0 aliphatic carbocycles. The number of ether oxygens (including phenoxy) is 2. The maximum absolute atomic E-state index is 13.7. The third-order valence-corrected chi connectivity index (χ3v) is 6.56. The first kappa shape index (κ1) is 31.9. The highest BCUT2D eigenvalue weighted by atomic mass is 19.4. The molecule has 2 aromatic carbocycles. The van der Waals surface area contributed by atoms with E-state index in [1.165, 1.54) is 6.92 Å². The first-order chi connectivity index (χ1) is 18.9. The summed E-state index contributed by atoms with van der Waals surface area (Å²) in [5.41, 5.74) is -5.28. The number of nitrogens with zero attached hydrogens (tertiary/aromatic N) is 2. The molecule has 0 bridgehead atoms. The summed E-state index contributed by atoms with van der Waals surface area (Å²) in [6.45, 7) is 2.23. The lowest BCUT2D eigenvalue weighted by Crippen LogP contribution is -2.48. The van der Waals surface area contributed by atoms with Crippen molar-refractivity contribution in [1.82, 2.24) is 4.90 Å². The van der Waals surface area contributed by atoms with E-state index in [4.69, 9.17) is 9.47 Å². The second-order valence-corrected chi connectivity index (χ2v) is 9.17. The van der Waals surface area contributed by atoms with Crippen LogP contribution in [0.3, 0.4) is 0 Å². The molecule has 0 saturated heterocycles. The lowest BCUT2D eigenvalue weighted by molar-refractivity contribution is -0.143. The Bertz CT molecular complexity index is 1240. The van der Waals surface area contributed by atoms with E-state index < -0.39 is 71.6 Å². The molecule has 15 heteroatoms. The molecule has 0 saturated carbocycles. The van der Waals surface area contributed by atoms with Crippen LogP contribution in [-0.4, -0.2) is 36.8 Å². The molecule has 1 aliphatic heterocycles. The van der Waals surface area contributed by atoms with Gasteiger partial charge >= 0.3 is 30.7 Å². The molecule has 226 valence electrons. The zero-order valence-corrected chi connectivity index (χ0v) is 21.9. The van der Waals surface area contributed by atoms with Crippen molar-refractivity contribution in [3.05, 3.63) is 64.2 Å². The predicted molar refractivity (Wildman–Crippen MR) is 127 cm³/mol. The standard InChI is InChI=1S/C26H25F9N2O4/c1-4-18-12-21(19-11-15(24(27,28)29)6-7-20(19)37(18)23(39)41-5-2)36(22(38)40-3)13-14-8-16(25(30,31)32)10-17(9-14)26(33,34)35/h6-11,18,21H,4-5,12-13H2,1-3H3. The summed E-state index contributed by atoms with van der Waals surface area (Å²) in [4.78, 5) is 27.6. The number of rotatable bonds is 5. The minimum atomic E-state index is -5.17. The second kappa shape index (κ2) is 11.7. The molecule has 2 unspecified atom stereocenters. The Kier molecular flexibility index (Phi) is 9.08. The smallest absolute Gasteiger partial charge is 0.416 e. The maximum Gasteiger partial charge on any atom is 0.416 e. The molecule has 41 heavy (non-hydrogen) atoms. The molecule has 0 aromatic heterocycles. The monoisotopic (exact) mass is 600 g/mol. The molecule has 0 spiro atoms. The molecule has 3 rings (SSSR count). The van der Waals surface area contributed by atoms with Crippen molar-refractivity contribution in [3.8, 4) is 0 Å². The van der Waals surface area contributed by atoms with E-state index >= 15 is 0 Å². The number of hydrogen-bond acceptors (Lipinski definition) is 4. The molecule has 1 aliphatic rings. The zero-order valence-electron chi connectivity index (χ0n) is 21.9. The van der Waals surface area contributed by atoms with Gasteiger partial charge in [0, 0.05) is 12.6 Å². The van der Waals surface area contributed by atoms with Crippen molar-refractivity contribution < 1.29 is 58.6 Å². The van der Waals surface area contributed by atoms with Gasteiger partial charge in [0.25, 0.3) is 0 Å². The number of fused-ring (bicyclic) bond motifs is 1. The quantitative estimate of drug-likeness (QED) is 0.325. The topological polar surface area (TPSA) is 59.1 Å². The van der Waals surface area contributed by atoms with Crippen molar-refractivity contribution >= 4 is 17.9 Å². The number of methoxy groups -OCH3 is 1. The first-order valence-corrected chi connectivity index (χ1v) is 12.2. The van der Waals surface area contributed by atoms with Gasteiger partial charge in [0.1, 0.15) is 0 Å². The molecule has 6 nitrogen and oxygen atoms in total. The lowest BCUT2D eigenvalue weighted by atomic mass is 9.87. The van der Waals surface area contributed by atoms with Crippen LogP contribution >= 0.6 is 0 Å². The molecule has 2 amide bonds. The van der Waals surface area contributed by atoms with Crippen LogP contribution in [0.25, 0.3) is 0 Å². The van der Waals surface area contributed by atoms with Crippen LogP contribution in [0.1, 0.15) is 60.5 Å². The van der Waals surface area contributed by atoms with Crippen molar-refractivity contribution in [1.29, 1.82) is 0 Å². The van der Waals surface area contributed by atoms with Gasteiger partial charge in [-0.3, -0.25) is 9.80 Å². The summed E-state index contributed by atoms with van der Waals surface area (Å²) in [5, 5.41) is 0. The number of alkyl halides is 9. The summed E-state index contributed by atoms with van der Waals surface area (Å²) >= 11 is 0. The predicted octanol–water partition coefficient (Wildman–Crippen LogP) is 8.20. The van der Waals surface area contributed by atoms with E-state index in [-0.39, 0.29) is 36.8 Å². The Morgan fingerprint density at radius 2 is 1.44 bits per heavy atom. The average molecular weight is 600 g/mol. The summed E-state index contributed by atoms with van der Waals surface area (Å²) in [6, 6.07) is 1.06. The minimum Gasteiger partial charge on any atom is -0.453 e. The molecular formula is C26H25F9N2O4. The minimum absolute atomic E-state index is 0.0590. The average Bonchev–Trinajstić information content (AvgIpc) is 2.88. The van der Waals surface area contributed by atoms with Crippen LogP contribution in [0.15, 0.2) is 36.4 Å². The van der Waals surface area contributed by atoms with Crippen LogP contribution in [0.4, 0.5) is 54.8 Å². The molecule has 2 aromatic rings. The maximum atomic E-state index is 13.7. The van der Waals surface area contributed by atoms with Crippen LogP contribution in [0.2, 0.25) is 0 Å². The highest BCUT2D eigenvalue weighted by Gasteiger charge is 2.43. The van der Waals surface area contributed by atoms with Crippen LogP contribution in [-0.2, 0) is 34.5 Å². The van der Waals surface area contributed by atoms with Gasteiger partial charge in [-0.25, -0.2) is 9.59 Å². The van der Waals surface area contributed by atoms with E-state index in [1.807, 2.05) is 0 Å². The Hall–Kier alpha value is -3.65. The number of benzene rings is 2. The van der Waals surface area contributed by atoms with Crippen molar-refractivity contribution in [2.45, 2.75) is 63.8 Å². The first-order valence-electron chi connectivity index (χ1n) is 12.2. The fourth-order valence-corrected chi connectivity index (χ4v) is 4.72. The Morgan fingerprint density at radius 3 is 1.90 bits per heavy atom. The number of carbonyl (C=O) groups is 2. The number of halogens is 9. The number of amides is 2. The number of carbonyl (C=O) groups excluding carboxylic acids is 2. The lowest BCUT2D eigenvalue weighted by Gasteiger charge is -2.43. The van der Waals surface area contributed by atoms with Crippen molar-refractivity contribution in [2.75, 3.05) is 18.6 Å². The molecule has 0 radical (unpaired) electrons. The van der Waals surface area contributed by atoms with E-state index in [9.17, 15) is 49.1 Å². The third kappa shape index (κ3) is 6.99. The highest BCUT2D eigenvalue weighted by molar-refractivity contribution is 5.90. The van der Waals surface area contributed by atoms with Gasteiger partial charge in [0.15, 0.2) is 0 Å². The fraction of sp³-hybridized carbons (Fsp3) is 0.462. The Morgan fingerprint density at radius 1 is 0.878 bits per heavy atom. The van der Waals surface area contributed by atoms with Gasteiger partial charge in [-0.2, -0.15) is 39.5 Å². The molecule has 1 heterocycles. The van der Waals surface area contributed by atoms with Crippen molar-refractivity contribution in [3.63, 3.8) is 0 Å². The molecule has 0 fully saturated rings. The highest BCUT2D eigenvalue weighted by Crippen LogP contribution is 2.45. The SMILES string of the molecule is CCOC(=O)N1c2ccc(C(F)(F)F)cc2C(N(Cc2cc(C(F)(F)F)cc(C(F)(F)F)c2)C(=O)OC)CC1CC. The molecular weight excluding hydrogens is 575 g/mol. The van der Waals surface area contributed by atoms with Crippen LogP contribution in [0, 0.1) is 0 Å². The second-order valence-electron chi connectivity index (χ2n) is 9.17. The largest absolute Gasteiger partial charge is 0.453 e. The third-order valence-electron chi connectivity index (χ3n) is 6.56. The summed E-state index contributed by atoms with van der Waals surface area (Å²) < 4.78 is 132. The van der Waals surface area contributed by atoms with E-state index in [0.29, 0.717) is 24.3 Å². The van der Waals surface area contributed by atoms with Gasteiger partial charge in [0.05, 0.1) is 42.1 Å². The van der Waals surface area contributed by atoms with Crippen LogP contribution < -0.4 is 4.90 Å². The Balaban J connectivity index is 2.23. The molecule has 2 atom stereocenters. The Labute approximate surface area is 228 Å². The summed E-state index contributed by atoms with van der Waals surface area (Å²) in [5.74, 6) is 0. The number of anilines is 1. The fourth-order valence-electron chi connectivity index (χ4n) is 4.72. The van der Waals surface area contributed by atoms with Gasteiger partial charge < -0.3 is 9.47 Å². The number of hydrogen-bond donors (Lipinski definition) is 0. The van der Waals surface area contributed by atoms with Gasteiger partial charge in [-0.05, 0) is 67.3 Å². The van der Waals surface area contributed by atoms with Crippen molar-refractivity contribution in [2.24, 2.45) is 0 Å². The van der Waals surface area contributed by atoms with E-state index in [0.717, 1.165) is 23.0 Å². The van der Waals surface area contributed by atoms with Gasteiger partial charge in [0.2, 0.25) is 0 Å². The molecule has 0 N–H and O–H groups in total. The van der Waals surface area contributed by atoms with Gasteiger partial charge in [-0.1, -0.05) is 6.92 Å². The van der Waals surface area contributed by atoms with E-state index in [1.54, 1.807) is 6.92 Å². The normalized spacial score (nSPS) is 17.6. The summed E-state index contributed by atoms with van der Waals surface area (Å²) in [7, 11) is 0.903. The zero-order chi connectivity index (χ0) is 30.9. The van der Waals surface area contributed by atoms with E-state index in [2.05, 4.69) is 0 Å². The van der Waals surface area contributed by atoms with Gasteiger partial charge in [-0.15, -0.1) is 0 Å². The van der Waals surface area contributed by atoms with Crippen LogP contribution in [0.5, 0.6) is 0 Å². The summed E-state index contributed by atoms with van der Waals surface area (Å²) in [6.07, 6.45) is -17.3.